The van der Waals surface area contributed by atoms with E-state index in [1.165, 1.54) is 19.4 Å². The summed E-state index contributed by atoms with van der Waals surface area (Å²) in [5.41, 5.74) is 3.37. The van der Waals surface area contributed by atoms with E-state index in [4.69, 9.17) is 0 Å². The van der Waals surface area contributed by atoms with Crippen molar-refractivity contribution >= 4 is 23.6 Å². The smallest absolute Gasteiger partial charge is 0.237 e. The Bertz CT molecular complexity index is 1170. The predicted molar refractivity (Wildman–Crippen MR) is 140 cm³/mol. The van der Waals surface area contributed by atoms with Crippen LogP contribution in [0.15, 0.2) is 48.5 Å². The lowest BCUT2D eigenvalue weighted by atomic mass is 9.62. The predicted octanol–water partition coefficient (Wildman–Crippen LogP) is 2.55. The standard InChI is InChI=1S/C29H36N4O4/c1-20(34)30-17-22-5-3-7-24(15-22)19-33-13-10-25(11-14-33)29(12-9-27(36)32-28(29)37)26-8-4-6-23(16-26)18-31-21(2)35/h3-8,15-16,25H,9-14,17-19H2,1-2H3,(H,30,34)(H,31,35)(H,32,36,37). The largest absolute Gasteiger partial charge is 0.352 e. The van der Waals surface area contributed by atoms with Gasteiger partial charge in [-0.15, -0.1) is 0 Å². The molecular weight excluding hydrogens is 468 g/mol. The highest BCUT2D eigenvalue weighted by Crippen LogP contribution is 2.44. The van der Waals surface area contributed by atoms with Gasteiger partial charge < -0.3 is 10.6 Å². The van der Waals surface area contributed by atoms with Gasteiger partial charge in [0, 0.05) is 39.9 Å². The molecule has 8 heteroatoms. The molecule has 8 nitrogen and oxygen atoms in total. The zero-order chi connectivity index (χ0) is 26.4. The summed E-state index contributed by atoms with van der Waals surface area (Å²) < 4.78 is 0. The molecule has 2 fully saturated rings. The number of benzene rings is 2. The summed E-state index contributed by atoms with van der Waals surface area (Å²) in [6.07, 6.45) is 2.52. The number of hydrogen-bond donors (Lipinski definition) is 3. The van der Waals surface area contributed by atoms with Crippen molar-refractivity contribution in [2.75, 3.05) is 13.1 Å². The van der Waals surface area contributed by atoms with Gasteiger partial charge in [-0.2, -0.15) is 0 Å². The van der Waals surface area contributed by atoms with Gasteiger partial charge in [-0.25, -0.2) is 0 Å². The monoisotopic (exact) mass is 504 g/mol. The van der Waals surface area contributed by atoms with E-state index in [2.05, 4.69) is 33.0 Å². The molecule has 1 atom stereocenters. The molecule has 0 bridgehead atoms. The van der Waals surface area contributed by atoms with E-state index in [1.807, 2.05) is 36.4 Å². The van der Waals surface area contributed by atoms with Crippen molar-refractivity contribution in [3.05, 3.63) is 70.8 Å². The van der Waals surface area contributed by atoms with Crippen LogP contribution in [0.3, 0.4) is 0 Å². The Morgan fingerprint density at radius 3 is 2.14 bits per heavy atom. The summed E-state index contributed by atoms with van der Waals surface area (Å²) in [6, 6.07) is 16.1. The van der Waals surface area contributed by atoms with E-state index < -0.39 is 5.41 Å². The molecule has 0 aromatic heterocycles. The molecule has 0 aliphatic carbocycles. The van der Waals surface area contributed by atoms with Crippen LogP contribution in [-0.2, 0) is 44.2 Å². The summed E-state index contributed by atoms with van der Waals surface area (Å²) in [5, 5.41) is 8.29. The number of carbonyl (C=O) groups is 4. The van der Waals surface area contributed by atoms with Crippen LogP contribution in [0, 0.1) is 5.92 Å². The highest BCUT2D eigenvalue weighted by molar-refractivity contribution is 6.03. The maximum Gasteiger partial charge on any atom is 0.237 e. The molecule has 2 heterocycles. The van der Waals surface area contributed by atoms with Crippen LogP contribution in [0.25, 0.3) is 0 Å². The molecule has 196 valence electrons. The molecular formula is C29H36N4O4. The van der Waals surface area contributed by atoms with Crippen LogP contribution in [0.1, 0.15) is 61.8 Å². The van der Waals surface area contributed by atoms with E-state index >= 15 is 0 Å². The van der Waals surface area contributed by atoms with Gasteiger partial charge in [-0.3, -0.25) is 29.4 Å². The van der Waals surface area contributed by atoms with Crippen molar-refractivity contribution in [2.24, 2.45) is 5.92 Å². The zero-order valence-corrected chi connectivity index (χ0v) is 21.6. The molecule has 0 radical (unpaired) electrons. The third-order valence-electron chi connectivity index (χ3n) is 7.61. The number of amides is 4. The maximum absolute atomic E-state index is 13.5. The van der Waals surface area contributed by atoms with Gasteiger partial charge in [-0.1, -0.05) is 48.5 Å². The molecule has 0 saturated carbocycles. The van der Waals surface area contributed by atoms with Crippen LogP contribution >= 0.6 is 0 Å². The Hall–Kier alpha value is -3.52. The summed E-state index contributed by atoms with van der Waals surface area (Å²) in [7, 11) is 0. The van der Waals surface area contributed by atoms with Gasteiger partial charge in [0.1, 0.15) is 0 Å². The first-order valence-electron chi connectivity index (χ1n) is 13.0. The summed E-state index contributed by atoms with van der Waals surface area (Å²) in [4.78, 5) is 50.6. The van der Waals surface area contributed by atoms with Gasteiger partial charge in [-0.05, 0) is 60.5 Å². The van der Waals surface area contributed by atoms with Gasteiger partial charge in [0.2, 0.25) is 23.6 Å². The summed E-state index contributed by atoms with van der Waals surface area (Å²) >= 11 is 0. The van der Waals surface area contributed by atoms with Crippen molar-refractivity contribution < 1.29 is 19.2 Å². The summed E-state index contributed by atoms with van der Waals surface area (Å²) in [5.74, 6) is -0.459. The van der Waals surface area contributed by atoms with E-state index in [0.717, 1.165) is 49.2 Å². The van der Waals surface area contributed by atoms with Crippen molar-refractivity contribution in [3.8, 4) is 0 Å². The van der Waals surface area contributed by atoms with Crippen LogP contribution in [-0.4, -0.2) is 41.6 Å². The third-order valence-corrected chi connectivity index (χ3v) is 7.61. The Labute approximate surface area is 218 Å². The second kappa shape index (κ2) is 11.7. The lowest BCUT2D eigenvalue weighted by Gasteiger charge is -2.46. The van der Waals surface area contributed by atoms with Crippen LogP contribution in [0.2, 0.25) is 0 Å². The second-order valence-corrected chi connectivity index (χ2v) is 10.2. The number of likely N-dealkylation sites (tertiary alicyclic amines) is 1. The van der Waals surface area contributed by atoms with Gasteiger partial charge in [0.15, 0.2) is 0 Å². The van der Waals surface area contributed by atoms with E-state index in [9.17, 15) is 19.2 Å². The SMILES string of the molecule is CC(=O)NCc1cccc(CN2CCC(C3(c4cccc(CNC(C)=O)c4)CCC(=O)NC3=O)CC2)c1. The first kappa shape index (κ1) is 26.5. The Morgan fingerprint density at radius 1 is 0.919 bits per heavy atom. The molecule has 2 saturated heterocycles. The second-order valence-electron chi connectivity index (χ2n) is 10.2. The molecule has 3 N–H and O–H groups in total. The molecule has 2 aromatic rings. The Morgan fingerprint density at radius 2 is 1.51 bits per heavy atom. The number of nitrogens with zero attached hydrogens (tertiary/aromatic N) is 1. The average molecular weight is 505 g/mol. The lowest BCUT2D eigenvalue weighted by molar-refractivity contribution is -0.140. The van der Waals surface area contributed by atoms with Crippen molar-refractivity contribution in [2.45, 2.75) is 64.6 Å². The van der Waals surface area contributed by atoms with Crippen molar-refractivity contribution in [3.63, 3.8) is 0 Å². The summed E-state index contributed by atoms with van der Waals surface area (Å²) in [6.45, 7) is 6.44. The molecule has 0 spiro atoms. The fourth-order valence-corrected chi connectivity index (χ4v) is 5.72. The van der Waals surface area contributed by atoms with E-state index in [0.29, 0.717) is 25.9 Å². The number of piperidine rings is 2. The molecule has 4 rings (SSSR count). The maximum atomic E-state index is 13.5. The highest BCUT2D eigenvalue weighted by atomic mass is 16.2. The van der Waals surface area contributed by atoms with E-state index in [-0.39, 0.29) is 29.5 Å². The highest BCUT2D eigenvalue weighted by Gasteiger charge is 2.50. The fourth-order valence-electron chi connectivity index (χ4n) is 5.72. The molecule has 37 heavy (non-hydrogen) atoms. The number of carbonyl (C=O) groups excluding carboxylic acids is 4. The van der Waals surface area contributed by atoms with Gasteiger partial charge >= 0.3 is 0 Å². The van der Waals surface area contributed by atoms with Gasteiger partial charge in [0.25, 0.3) is 0 Å². The normalized spacial score (nSPS) is 20.8. The molecule has 2 aromatic carbocycles. The minimum atomic E-state index is -0.759. The van der Waals surface area contributed by atoms with Crippen molar-refractivity contribution in [1.29, 1.82) is 0 Å². The number of hydrogen-bond acceptors (Lipinski definition) is 5. The van der Waals surface area contributed by atoms with Crippen LogP contribution in [0.4, 0.5) is 0 Å². The molecule has 1 unspecified atom stereocenters. The third kappa shape index (κ3) is 6.43. The average Bonchev–Trinajstić information content (AvgIpc) is 2.88. The number of imide groups is 1. The molecule has 2 aliphatic rings. The fraction of sp³-hybridized carbons (Fsp3) is 0.448. The van der Waals surface area contributed by atoms with Crippen molar-refractivity contribution in [1.82, 2.24) is 20.9 Å². The van der Waals surface area contributed by atoms with E-state index in [1.54, 1.807) is 0 Å². The number of nitrogens with one attached hydrogen (secondary N) is 3. The number of rotatable bonds is 8. The van der Waals surface area contributed by atoms with Crippen LogP contribution in [0.5, 0.6) is 0 Å². The minimum Gasteiger partial charge on any atom is -0.352 e. The topological polar surface area (TPSA) is 108 Å². The minimum absolute atomic E-state index is 0.0458. The lowest BCUT2D eigenvalue weighted by Crippen LogP contribution is -2.57. The van der Waals surface area contributed by atoms with Gasteiger partial charge in [0.05, 0.1) is 5.41 Å². The molecule has 2 aliphatic heterocycles. The Kier molecular flexibility index (Phi) is 8.38. The molecule has 4 amide bonds. The quantitative estimate of drug-likeness (QED) is 0.479. The zero-order valence-electron chi connectivity index (χ0n) is 21.6. The first-order valence-corrected chi connectivity index (χ1v) is 13.0. The first-order chi connectivity index (χ1) is 17.8. The Balaban J connectivity index is 1.48. The van der Waals surface area contributed by atoms with Crippen LogP contribution < -0.4 is 16.0 Å².